The first kappa shape index (κ1) is 15.4. The van der Waals surface area contributed by atoms with Crippen LogP contribution in [0.4, 0.5) is 0 Å². The van der Waals surface area contributed by atoms with E-state index in [-0.39, 0.29) is 11.6 Å². The van der Waals surface area contributed by atoms with E-state index < -0.39 is 0 Å². The quantitative estimate of drug-likeness (QED) is 0.692. The highest BCUT2D eigenvalue weighted by atomic mass is 35.5. The van der Waals surface area contributed by atoms with E-state index in [4.69, 9.17) is 32.9 Å². The minimum absolute atomic E-state index is 0.132. The molecule has 3 rings (SSSR count). The molecular formula is C18H17Cl2NO. The van der Waals surface area contributed by atoms with Crippen LogP contribution in [0.2, 0.25) is 10.0 Å². The number of ether oxygens (including phenoxy) is 1. The topological polar surface area (TPSA) is 21.6 Å². The van der Waals surface area contributed by atoms with Crippen LogP contribution < -0.4 is 0 Å². The molecule has 0 unspecified atom stereocenters. The standard InChI is InChI=1S/C18H17Cl2NO/c1-18(2)11-16(14-9-8-13(19)10-15(14)20)22-17(21-18)12-6-4-3-5-7-12/h3-10,16H,11H2,1-2H3/t16-/m1/s1. The molecule has 2 aromatic carbocycles. The Kier molecular flexibility index (Phi) is 4.16. The van der Waals surface area contributed by atoms with Gasteiger partial charge in [0.05, 0.1) is 5.54 Å². The van der Waals surface area contributed by atoms with Crippen molar-refractivity contribution in [3.63, 3.8) is 0 Å². The van der Waals surface area contributed by atoms with E-state index in [9.17, 15) is 0 Å². The van der Waals surface area contributed by atoms with E-state index in [0.717, 1.165) is 17.5 Å². The minimum Gasteiger partial charge on any atom is -0.469 e. The predicted molar refractivity (Wildman–Crippen MR) is 92.0 cm³/mol. The van der Waals surface area contributed by atoms with E-state index >= 15 is 0 Å². The Morgan fingerprint density at radius 3 is 2.50 bits per heavy atom. The van der Waals surface area contributed by atoms with Gasteiger partial charge in [-0.3, -0.25) is 0 Å². The zero-order valence-electron chi connectivity index (χ0n) is 12.5. The maximum Gasteiger partial charge on any atom is 0.217 e. The summed E-state index contributed by atoms with van der Waals surface area (Å²) in [6.45, 7) is 4.21. The summed E-state index contributed by atoms with van der Waals surface area (Å²) in [5, 5.41) is 1.25. The number of benzene rings is 2. The monoisotopic (exact) mass is 333 g/mol. The average Bonchev–Trinajstić information content (AvgIpc) is 2.46. The number of halogens is 2. The van der Waals surface area contributed by atoms with Gasteiger partial charge in [0.25, 0.3) is 0 Å². The molecule has 0 saturated carbocycles. The molecule has 1 heterocycles. The van der Waals surface area contributed by atoms with Gasteiger partial charge in [-0.2, -0.15) is 0 Å². The van der Waals surface area contributed by atoms with Crippen molar-refractivity contribution in [3.8, 4) is 0 Å². The third-order valence-corrected chi connectivity index (χ3v) is 4.24. The molecule has 0 spiro atoms. The average molecular weight is 334 g/mol. The second-order valence-corrected chi connectivity index (χ2v) is 6.92. The molecule has 22 heavy (non-hydrogen) atoms. The van der Waals surface area contributed by atoms with Crippen molar-refractivity contribution >= 4 is 29.1 Å². The van der Waals surface area contributed by atoms with Crippen molar-refractivity contribution in [1.82, 2.24) is 0 Å². The van der Waals surface area contributed by atoms with Crippen molar-refractivity contribution in [2.75, 3.05) is 0 Å². The zero-order chi connectivity index (χ0) is 15.7. The van der Waals surface area contributed by atoms with Gasteiger partial charge >= 0.3 is 0 Å². The molecule has 2 nitrogen and oxygen atoms in total. The third kappa shape index (κ3) is 3.29. The minimum atomic E-state index is -0.211. The van der Waals surface area contributed by atoms with Crippen LogP contribution in [-0.4, -0.2) is 11.4 Å². The fourth-order valence-corrected chi connectivity index (χ4v) is 3.16. The van der Waals surface area contributed by atoms with E-state index in [1.807, 2.05) is 42.5 Å². The SMILES string of the molecule is CC1(C)C[C@H](c2ccc(Cl)cc2Cl)OC(c2ccccc2)=N1. The van der Waals surface area contributed by atoms with Crippen molar-refractivity contribution in [2.24, 2.45) is 4.99 Å². The summed E-state index contributed by atoms with van der Waals surface area (Å²) >= 11 is 12.3. The van der Waals surface area contributed by atoms with E-state index in [2.05, 4.69) is 13.8 Å². The Morgan fingerprint density at radius 2 is 1.82 bits per heavy atom. The van der Waals surface area contributed by atoms with Crippen LogP contribution in [0, 0.1) is 0 Å². The van der Waals surface area contributed by atoms with Gasteiger partial charge in [-0.1, -0.05) is 47.5 Å². The first-order valence-electron chi connectivity index (χ1n) is 7.21. The normalized spacial score (nSPS) is 20.2. The molecule has 0 radical (unpaired) electrons. The Hall–Kier alpha value is -1.51. The zero-order valence-corrected chi connectivity index (χ0v) is 14.0. The summed E-state index contributed by atoms with van der Waals surface area (Å²) in [5.74, 6) is 0.660. The lowest BCUT2D eigenvalue weighted by molar-refractivity contribution is 0.131. The Balaban J connectivity index is 1.97. The summed E-state index contributed by atoms with van der Waals surface area (Å²) in [7, 11) is 0. The van der Waals surface area contributed by atoms with Crippen molar-refractivity contribution in [2.45, 2.75) is 31.9 Å². The fraction of sp³-hybridized carbons (Fsp3) is 0.278. The Morgan fingerprint density at radius 1 is 1.09 bits per heavy atom. The molecule has 0 aliphatic carbocycles. The maximum absolute atomic E-state index is 6.35. The fourth-order valence-electron chi connectivity index (χ4n) is 2.63. The lowest BCUT2D eigenvalue weighted by Crippen LogP contribution is -2.31. The first-order chi connectivity index (χ1) is 10.4. The molecule has 1 aliphatic heterocycles. The van der Waals surface area contributed by atoms with Gasteiger partial charge in [0.1, 0.15) is 6.10 Å². The smallest absolute Gasteiger partial charge is 0.217 e. The molecule has 0 amide bonds. The van der Waals surface area contributed by atoms with Crippen molar-refractivity contribution in [1.29, 1.82) is 0 Å². The summed E-state index contributed by atoms with van der Waals surface area (Å²) < 4.78 is 6.14. The van der Waals surface area contributed by atoms with Gasteiger partial charge in [0.15, 0.2) is 0 Å². The van der Waals surface area contributed by atoms with Crippen LogP contribution in [0.15, 0.2) is 53.5 Å². The van der Waals surface area contributed by atoms with Crippen LogP contribution >= 0.6 is 23.2 Å². The van der Waals surface area contributed by atoms with E-state index in [0.29, 0.717) is 15.9 Å². The van der Waals surface area contributed by atoms with Gasteiger partial charge in [-0.15, -0.1) is 0 Å². The highest BCUT2D eigenvalue weighted by Gasteiger charge is 2.33. The molecule has 0 saturated heterocycles. The molecule has 1 atom stereocenters. The van der Waals surface area contributed by atoms with Gasteiger partial charge in [0, 0.05) is 27.6 Å². The number of nitrogens with zero attached hydrogens (tertiary/aromatic N) is 1. The first-order valence-corrected chi connectivity index (χ1v) is 7.97. The van der Waals surface area contributed by atoms with Gasteiger partial charge in [0.2, 0.25) is 5.90 Å². The molecule has 0 N–H and O–H groups in total. The predicted octanol–water partition coefficient (Wildman–Crippen LogP) is 5.68. The molecule has 4 heteroatoms. The number of hydrogen-bond acceptors (Lipinski definition) is 2. The van der Waals surface area contributed by atoms with Crippen LogP contribution in [0.5, 0.6) is 0 Å². The molecular weight excluding hydrogens is 317 g/mol. The second-order valence-electron chi connectivity index (χ2n) is 6.07. The number of rotatable bonds is 2. The molecule has 0 aromatic heterocycles. The highest BCUT2D eigenvalue weighted by Crippen LogP contribution is 2.38. The lowest BCUT2D eigenvalue weighted by atomic mass is 9.91. The number of aliphatic imine (C=N–C) groups is 1. The maximum atomic E-state index is 6.35. The Labute approximate surface area is 140 Å². The lowest BCUT2D eigenvalue weighted by Gasteiger charge is -2.34. The van der Waals surface area contributed by atoms with Crippen LogP contribution in [0.1, 0.15) is 37.5 Å². The molecule has 0 bridgehead atoms. The molecule has 114 valence electrons. The summed E-state index contributed by atoms with van der Waals surface area (Å²) in [6.07, 6.45) is 0.637. The summed E-state index contributed by atoms with van der Waals surface area (Å²) in [5.41, 5.74) is 1.71. The van der Waals surface area contributed by atoms with E-state index in [1.165, 1.54) is 0 Å². The van der Waals surface area contributed by atoms with Gasteiger partial charge in [-0.05, 0) is 38.1 Å². The van der Waals surface area contributed by atoms with Crippen molar-refractivity contribution < 1.29 is 4.74 Å². The largest absolute Gasteiger partial charge is 0.469 e. The summed E-state index contributed by atoms with van der Waals surface area (Å²) in [6, 6.07) is 15.5. The van der Waals surface area contributed by atoms with Crippen LogP contribution in [0.25, 0.3) is 0 Å². The van der Waals surface area contributed by atoms with Gasteiger partial charge < -0.3 is 4.74 Å². The number of hydrogen-bond donors (Lipinski definition) is 0. The van der Waals surface area contributed by atoms with Crippen molar-refractivity contribution in [3.05, 3.63) is 69.7 Å². The second kappa shape index (κ2) is 5.94. The molecule has 1 aliphatic rings. The Bertz CT molecular complexity index is 710. The molecule has 0 fully saturated rings. The summed E-state index contributed by atoms with van der Waals surface area (Å²) in [4.78, 5) is 4.73. The van der Waals surface area contributed by atoms with E-state index in [1.54, 1.807) is 6.07 Å². The van der Waals surface area contributed by atoms with Crippen LogP contribution in [0.3, 0.4) is 0 Å². The third-order valence-electron chi connectivity index (χ3n) is 3.67. The highest BCUT2D eigenvalue weighted by molar-refractivity contribution is 6.35. The van der Waals surface area contributed by atoms with Gasteiger partial charge in [-0.25, -0.2) is 4.99 Å². The van der Waals surface area contributed by atoms with Crippen LogP contribution in [-0.2, 0) is 4.74 Å². The molecule has 2 aromatic rings.